The molecule has 0 radical (unpaired) electrons. The zero-order chi connectivity index (χ0) is 10.8. The second kappa shape index (κ2) is 4.42. The predicted molar refractivity (Wildman–Crippen MR) is 60.2 cm³/mol. The van der Waals surface area contributed by atoms with Crippen molar-refractivity contribution in [3.8, 4) is 0 Å². The van der Waals surface area contributed by atoms with Crippen LogP contribution in [-0.2, 0) is 0 Å². The van der Waals surface area contributed by atoms with E-state index in [1.807, 2.05) is 14.1 Å². The van der Waals surface area contributed by atoms with Crippen molar-refractivity contribution in [1.82, 2.24) is 14.3 Å². The van der Waals surface area contributed by atoms with Crippen LogP contribution in [0.3, 0.4) is 0 Å². The van der Waals surface area contributed by atoms with Crippen molar-refractivity contribution in [3.05, 3.63) is 6.33 Å². The zero-order valence-corrected chi connectivity index (χ0v) is 9.81. The molecule has 2 atom stereocenters. The maximum Gasteiger partial charge on any atom is 0.205 e. The maximum atomic E-state index is 9.68. The number of hydrogen-bond donors (Lipinski definition) is 1. The van der Waals surface area contributed by atoms with Gasteiger partial charge in [0.25, 0.3) is 0 Å². The van der Waals surface area contributed by atoms with Crippen LogP contribution >= 0.6 is 11.5 Å². The Hall–Kier alpha value is -0.720. The molecule has 0 aromatic carbocycles. The summed E-state index contributed by atoms with van der Waals surface area (Å²) < 4.78 is 4.00. The summed E-state index contributed by atoms with van der Waals surface area (Å²) in [6, 6.07) is 0.350. The van der Waals surface area contributed by atoms with Crippen molar-refractivity contribution < 1.29 is 5.11 Å². The van der Waals surface area contributed by atoms with Crippen LogP contribution in [0.15, 0.2) is 6.33 Å². The molecule has 1 saturated heterocycles. The van der Waals surface area contributed by atoms with Crippen molar-refractivity contribution in [2.45, 2.75) is 18.6 Å². The summed E-state index contributed by atoms with van der Waals surface area (Å²) in [4.78, 5) is 8.48. The SMILES string of the molecule is CN(C)CC1CC(O)CN1c1ncns1. The Morgan fingerprint density at radius 3 is 3.07 bits per heavy atom. The lowest BCUT2D eigenvalue weighted by atomic mass is 10.2. The Morgan fingerprint density at radius 1 is 1.67 bits per heavy atom. The van der Waals surface area contributed by atoms with Crippen LogP contribution in [0.4, 0.5) is 5.13 Å². The highest BCUT2D eigenvalue weighted by Crippen LogP contribution is 2.26. The number of aliphatic hydroxyl groups excluding tert-OH is 1. The van der Waals surface area contributed by atoms with Gasteiger partial charge in [-0.15, -0.1) is 0 Å². The van der Waals surface area contributed by atoms with E-state index in [9.17, 15) is 5.11 Å². The number of rotatable bonds is 3. The minimum absolute atomic E-state index is 0.237. The summed E-state index contributed by atoms with van der Waals surface area (Å²) in [6.07, 6.45) is 2.15. The molecule has 1 aliphatic heterocycles. The van der Waals surface area contributed by atoms with Crippen molar-refractivity contribution >= 4 is 16.7 Å². The molecule has 0 spiro atoms. The highest BCUT2D eigenvalue weighted by atomic mass is 32.1. The van der Waals surface area contributed by atoms with Crippen molar-refractivity contribution in [2.24, 2.45) is 0 Å². The van der Waals surface area contributed by atoms with Gasteiger partial charge in [0.1, 0.15) is 6.33 Å². The smallest absolute Gasteiger partial charge is 0.205 e. The van der Waals surface area contributed by atoms with Gasteiger partial charge in [0.15, 0.2) is 0 Å². The van der Waals surface area contributed by atoms with E-state index in [2.05, 4.69) is 19.2 Å². The molecular formula is C9H16N4OS. The van der Waals surface area contributed by atoms with Gasteiger partial charge < -0.3 is 14.9 Å². The molecule has 84 valence electrons. The molecule has 1 N–H and O–H groups in total. The molecule has 2 rings (SSSR count). The van der Waals surface area contributed by atoms with Gasteiger partial charge in [0.2, 0.25) is 5.13 Å². The molecule has 1 aliphatic rings. The quantitative estimate of drug-likeness (QED) is 0.791. The third-order valence-electron chi connectivity index (χ3n) is 2.56. The average molecular weight is 228 g/mol. The fraction of sp³-hybridized carbons (Fsp3) is 0.778. The molecule has 2 unspecified atom stereocenters. The first kappa shape index (κ1) is 10.8. The highest BCUT2D eigenvalue weighted by molar-refractivity contribution is 7.09. The van der Waals surface area contributed by atoms with Gasteiger partial charge in [0, 0.05) is 30.7 Å². The lowest BCUT2D eigenvalue weighted by molar-refractivity contribution is 0.191. The van der Waals surface area contributed by atoms with Crippen LogP contribution in [0.2, 0.25) is 0 Å². The van der Waals surface area contributed by atoms with Gasteiger partial charge in [-0.3, -0.25) is 0 Å². The lowest BCUT2D eigenvalue weighted by Gasteiger charge is -2.25. The summed E-state index contributed by atoms with van der Waals surface area (Å²) in [5.41, 5.74) is 0. The van der Waals surface area contributed by atoms with Gasteiger partial charge in [-0.1, -0.05) is 0 Å². The summed E-state index contributed by atoms with van der Waals surface area (Å²) in [6.45, 7) is 1.62. The fourth-order valence-electron chi connectivity index (χ4n) is 2.01. The minimum Gasteiger partial charge on any atom is -0.391 e. The van der Waals surface area contributed by atoms with Crippen LogP contribution in [0.5, 0.6) is 0 Å². The van der Waals surface area contributed by atoms with Crippen molar-refractivity contribution in [1.29, 1.82) is 0 Å². The number of anilines is 1. The summed E-state index contributed by atoms with van der Waals surface area (Å²) in [7, 11) is 4.09. The van der Waals surface area contributed by atoms with Crippen molar-refractivity contribution in [3.63, 3.8) is 0 Å². The van der Waals surface area contributed by atoms with E-state index in [0.717, 1.165) is 18.1 Å². The summed E-state index contributed by atoms with van der Waals surface area (Å²) in [5, 5.41) is 10.6. The van der Waals surface area contributed by atoms with Gasteiger partial charge >= 0.3 is 0 Å². The second-order valence-electron chi connectivity index (χ2n) is 4.18. The third kappa shape index (κ3) is 2.45. The summed E-state index contributed by atoms with van der Waals surface area (Å²) >= 11 is 1.39. The van der Waals surface area contributed by atoms with Crippen LogP contribution < -0.4 is 4.90 Å². The second-order valence-corrected chi connectivity index (χ2v) is 4.94. The number of aromatic nitrogens is 2. The third-order valence-corrected chi connectivity index (χ3v) is 3.27. The normalized spacial score (nSPS) is 26.5. The number of nitrogens with zero attached hydrogens (tertiary/aromatic N) is 4. The molecule has 2 heterocycles. The van der Waals surface area contributed by atoms with Gasteiger partial charge in [-0.2, -0.15) is 4.37 Å². The Bertz CT molecular complexity index is 303. The molecule has 0 bridgehead atoms. The van der Waals surface area contributed by atoms with E-state index in [-0.39, 0.29) is 6.10 Å². The number of β-amino-alcohol motifs (C(OH)–C–C–N with tert-alkyl or cyclic N) is 1. The number of likely N-dealkylation sites (N-methyl/N-ethyl adjacent to an activating group) is 1. The van der Waals surface area contributed by atoms with E-state index < -0.39 is 0 Å². The molecule has 0 aliphatic carbocycles. The van der Waals surface area contributed by atoms with E-state index in [4.69, 9.17) is 0 Å². The van der Waals surface area contributed by atoms with Crippen molar-refractivity contribution in [2.75, 3.05) is 32.1 Å². The van der Waals surface area contributed by atoms with Gasteiger partial charge in [-0.05, 0) is 20.5 Å². The topological polar surface area (TPSA) is 52.5 Å². The van der Waals surface area contributed by atoms with Crippen LogP contribution in [0.25, 0.3) is 0 Å². The van der Waals surface area contributed by atoms with Crippen LogP contribution in [-0.4, -0.2) is 58.7 Å². The fourth-order valence-corrected chi connectivity index (χ4v) is 2.63. The lowest BCUT2D eigenvalue weighted by Crippen LogP contribution is -2.37. The molecule has 0 amide bonds. The monoisotopic (exact) mass is 228 g/mol. The largest absolute Gasteiger partial charge is 0.391 e. The number of hydrogen-bond acceptors (Lipinski definition) is 6. The van der Waals surface area contributed by atoms with Gasteiger partial charge in [-0.25, -0.2) is 4.98 Å². The first-order valence-corrected chi connectivity index (χ1v) is 5.80. The van der Waals surface area contributed by atoms with Crippen LogP contribution in [0, 0.1) is 0 Å². The number of aliphatic hydroxyl groups is 1. The highest BCUT2D eigenvalue weighted by Gasteiger charge is 2.32. The molecule has 6 heteroatoms. The van der Waals surface area contributed by atoms with E-state index >= 15 is 0 Å². The maximum absolute atomic E-state index is 9.68. The van der Waals surface area contributed by atoms with Crippen LogP contribution in [0.1, 0.15) is 6.42 Å². The van der Waals surface area contributed by atoms with E-state index in [0.29, 0.717) is 12.6 Å². The zero-order valence-electron chi connectivity index (χ0n) is 9.00. The summed E-state index contributed by atoms with van der Waals surface area (Å²) in [5.74, 6) is 0. The molecule has 0 saturated carbocycles. The first-order chi connectivity index (χ1) is 7.16. The van der Waals surface area contributed by atoms with Gasteiger partial charge in [0.05, 0.1) is 6.10 Å². The molecular weight excluding hydrogens is 212 g/mol. The molecule has 1 aromatic heterocycles. The Balaban J connectivity index is 2.08. The Labute approximate surface area is 93.5 Å². The molecule has 15 heavy (non-hydrogen) atoms. The molecule has 1 aromatic rings. The first-order valence-electron chi connectivity index (χ1n) is 5.03. The molecule has 5 nitrogen and oxygen atoms in total. The Morgan fingerprint density at radius 2 is 2.47 bits per heavy atom. The van der Waals surface area contributed by atoms with E-state index in [1.165, 1.54) is 11.5 Å². The minimum atomic E-state index is -0.237. The standard InChI is InChI=1S/C9H16N4OS/c1-12(2)4-7-3-8(14)5-13(7)9-10-6-11-15-9/h6-8,14H,3-5H2,1-2H3. The van der Waals surface area contributed by atoms with E-state index in [1.54, 1.807) is 6.33 Å². The predicted octanol–water partition coefficient (Wildman–Crippen LogP) is 0.0393. The molecule has 1 fully saturated rings. The average Bonchev–Trinajstić information content (AvgIpc) is 2.72. The Kier molecular flexibility index (Phi) is 3.18.